The van der Waals surface area contributed by atoms with Crippen LogP contribution in [0.2, 0.25) is 0 Å². The number of halogens is 2. The Morgan fingerprint density at radius 3 is 1.61 bits per heavy atom. The molecular formula is C16H33Cl2N7P3+. The lowest BCUT2D eigenvalue weighted by molar-refractivity contribution is 0.462. The SMILES string of the molecule is ClP1(N2CCCC2)=NP(N2CCCC2)(N2CCCC2)=N[P+](Cl)(N2CCCC2)N1. The van der Waals surface area contributed by atoms with Crippen LogP contribution in [0.3, 0.4) is 0 Å². The summed E-state index contributed by atoms with van der Waals surface area (Å²) in [6, 6.07) is 0. The molecule has 5 aliphatic rings. The molecule has 5 aliphatic heterocycles. The molecule has 2 atom stereocenters. The van der Waals surface area contributed by atoms with Crippen LogP contribution in [-0.4, -0.2) is 71.0 Å². The Bertz CT molecular complexity index is 678. The van der Waals surface area contributed by atoms with Crippen LogP contribution in [0.25, 0.3) is 0 Å². The summed E-state index contributed by atoms with van der Waals surface area (Å²) in [7, 11) is -4.61. The minimum Gasteiger partial charge on any atom is -0.243 e. The highest BCUT2D eigenvalue weighted by molar-refractivity contribution is 8.08. The smallest absolute Gasteiger partial charge is 0.243 e. The van der Waals surface area contributed by atoms with Crippen molar-refractivity contribution in [2.24, 2.45) is 9.03 Å². The van der Waals surface area contributed by atoms with Crippen LogP contribution in [-0.2, 0) is 0 Å². The first-order valence-corrected chi connectivity index (χ1v) is 17.7. The van der Waals surface area contributed by atoms with Gasteiger partial charge in [0.1, 0.15) is 0 Å². The van der Waals surface area contributed by atoms with Gasteiger partial charge in [0.05, 0.1) is 0 Å². The van der Waals surface area contributed by atoms with E-state index in [4.69, 9.17) is 31.5 Å². The highest BCUT2D eigenvalue weighted by Gasteiger charge is 2.59. The third-order valence-electron chi connectivity index (χ3n) is 6.57. The summed E-state index contributed by atoms with van der Waals surface area (Å²) in [6.45, 7) is 6.10. The first kappa shape index (κ1) is 21.1. The summed E-state index contributed by atoms with van der Waals surface area (Å²) in [5.74, 6) is 0. The molecule has 0 bridgehead atoms. The molecule has 4 saturated heterocycles. The Balaban J connectivity index is 1.67. The van der Waals surface area contributed by atoms with Crippen molar-refractivity contribution in [1.82, 2.24) is 23.5 Å². The predicted molar refractivity (Wildman–Crippen MR) is 124 cm³/mol. The highest BCUT2D eigenvalue weighted by Crippen LogP contribution is 2.86. The summed E-state index contributed by atoms with van der Waals surface area (Å²) in [5.41, 5.74) is 0. The first-order valence-electron chi connectivity index (χ1n) is 10.9. The second kappa shape index (κ2) is 8.32. The van der Waals surface area contributed by atoms with Crippen molar-refractivity contribution in [1.29, 1.82) is 0 Å². The topological polar surface area (TPSA) is 49.7 Å². The molecule has 0 aromatic rings. The van der Waals surface area contributed by atoms with Crippen LogP contribution in [0.4, 0.5) is 0 Å². The Morgan fingerprint density at radius 1 is 0.679 bits per heavy atom. The van der Waals surface area contributed by atoms with Gasteiger partial charge in [-0.1, -0.05) is 4.86 Å². The molecule has 0 radical (unpaired) electrons. The van der Waals surface area contributed by atoms with Gasteiger partial charge in [0.15, 0.2) is 11.2 Å². The summed E-state index contributed by atoms with van der Waals surface area (Å²) in [4.78, 5) is 3.74. The van der Waals surface area contributed by atoms with E-state index in [1.54, 1.807) is 0 Å². The maximum atomic E-state index is 7.48. The van der Waals surface area contributed by atoms with Crippen LogP contribution >= 0.6 is 43.8 Å². The molecule has 5 rings (SSSR count). The highest BCUT2D eigenvalue weighted by atomic mass is 35.7. The fourth-order valence-corrected chi connectivity index (χ4v) is 22.5. The third kappa shape index (κ3) is 3.71. The van der Waals surface area contributed by atoms with Gasteiger partial charge in [-0.3, -0.25) is 0 Å². The van der Waals surface area contributed by atoms with Gasteiger partial charge < -0.3 is 0 Å². The van der Waals surface area contributed by atoms with Crippen molar-refractivity contribution in [3.63, 3.8) is 0 Å². The Labute approximate surface area is 179 Å². The van der Waals surface area contributed by atoms with Crippen molar-refractivity contribution in [3.8, 4) is 0 Å². The molecule has 160 valence electrons. The molecule has 0 saturated carbocycles. The molecule has 5 heterocycles. The van der Waals surface area contributed by atoms with Gasteiger partial charge in [-0.25, -0.2) is 14.0 Å². The van der Waals surface area contributed by atoms with Crippen molar-refractivity contribution in [2.75, 3.05) is 52.4 Å². The minimum absolute atomic E-state index is 1.03. The lowest BCUT2D eigenvalue weighted by atomic mass is 10.4. The van der Waals surface area contributed by atoms with Gasteiger partial charge in [0, 0.05) is 52.4 Å². The molecule has 0 aliphatic carbocycles. The quantitative estimate of drug-likeness (QED) is 0.492. The Hall–Kier alpha value is 1.27. The van der Waals surface area contributed by atoms with Crippen molar-refractivity contribution in [2.45, 2.75) is 51.4 Å². The summed E-state index contributed by atoms with van der Waals surface area (Å²) in [5, 5.41) is 0. The Morgan fingerprint density at radius 2 is 1.11 bits per heavy atom. The molecule has 28 heavy (non-hydrogen) atoms. The molecule has 0 aromatic carbocycles. The zero-order valence-corrected chi connectivity index (χ0v) is 20.8. The van der Waals surface area contributed by atoms with Gasteiger partial charge >= 0.3 is 7.07 Å². The molecule has 12 heteroatoms. The average molecular weight is 487 g/mol. The number of hydrogen-bond acceptors (Lipinski definition) is 7. The minimum atomic E-state index is -2.38. The fourth-order valence-electron chi connectivity index (χ4n) is 5.05. The van der Waals surface area contributed by atoms with E-state index in [1.807, 2.05) is 0 Å². The zero-order valence-electron chi connectivity index (χ0n) is 16.6. The fraction of sp³-hybridized carbons (Fsp3) is 1.00. The van der Waals surface area contributed by atoms with E-state index < -0.39 is 21.3 Å². The van der Waals surface area contributed by atoms with Crippen molar-refractivity contribution in [3.05, 3.63) is 0 Å². The molecule has 0 spiro atoms. The summed E-state index contributed by atoms with van der Waals surface area (Å²) >= 11 is 15.0. The Kier molecular flexibility index (Phi) is 6.28. The normalized spacial score (nSPS) is 40.8. The molecule has 0 amide bonds. The maximum absolute atomic E-state index is 7.48. The number of hydrogen-bond donors (Lipinski definition) is 1. The second-order valence-electron chi connectivity index (χ2n) is 8.51. The van der Waals surface area contributed by atoms with E-state index in [2.05, 4.69) is 23.5 Å². The molecular weight excluding hydrogens is 454 g/mol. The van der Waals surface area contributed by atoms with Crippen molar-refractivity contribution < 1.29 is 0 Å². The van der Waals surface area contributed by atoms with Gasteiger partial charge in [0.25, 0.3) is 7.51 Å². The molecule has 4 fully saturated rings. The van der Waals surface area contributed by atoms with Crippen LogP contribution in [0.5, 0.6) is 0 Å². The van der Waals surface area contributed by atoms with Gasteiger partial charge in [-0.15, -0.1) is 4.67 Å². The first-order chi connectivity index (χ1) is 13.5. The largest absolute Gasteiger partial charge is 0.384 e. The van der Waals surface area contributed by atoms with Gasteiger partial charge in [0.2, 0.25) is 6.71 Å². The van der Waals surface area contributed by atoms with Crippen molar-refractivity contribution >= 4 is 43.8 Å². The zero-order chi connectivity index (χ0) is 19.2. The van der Waals surface area contributed by atoms with E-state index in [-0.39, 0.29) is 0 Å². The lowest BCUT2D eigenvalue weighted by Gasteiger charge is -2.43. The van der Waals surface area contributed by atoms with E-state index >= 15 is 0 Å². The lowest BCUT2D eigenvalue weighted by Crippen LogP contribution is -2.35. The van der Waals surface area contributed by atoms with Crippen LogP contribution in [0.15, 0.2) is 9.03 Å². The van der Waals surface area contributed by atoms with E-state index in [0.717, 1.165) is 52.4 Å². The molecule has 0 aromatic heterocycles. The molecule has 2 unspecified atom stereocenters. The van der Waals surface area contributed by atoms with E-state index in [9.17, 15) is 0 Å². The van der Waals surface area contributed by atoms with Crippen LogP contribution < -0.4 is 4.86 Å². The monoisotopic (exact) mass is 486 g/mol. The number of rotatable bonds is 4. The predicted octanol–water partition coefficient (Wildman–Crippen LogP) is 6.02. The number of nitrogens with one attached hydrogen (secondary N) is 1. The third-order valence-corrected chi connectivity index (χ3v) is 20.9. The van der Waals surface area contributed by atoms with Crippen LogP contribution in [0, 0.1) is 0 Å². The average Bonchev–Trinajstić information content (AvgIpc) is 3.51. The molecule has 1 N–H and O–H groups in total. The van der Waals surface area contributed by atoms with Gasteiger partial charge in [-0.05, 0) is 67.1 Å². The van der Waals surface area contributed by atoms with Crippen LogP contribution in [0.1, 0.15) is 51.4 Å². The second-order valence-corrected chi connectivity index (χ2v) is 19.0. The summed E-state index contributed by atoms with van der Waals surface area (Å²) in [6.07, 6.45) is 9.79. The molecule has 7 nitrogen and oxygen atoms in total. The van der Waals surface area contributed by atoms with Gasteiger partial charge in [-0.2, -0.15) is 4.52 Å². The van der Waals surface area contributed by atoms with E-state index in [0.29, 0.717) is 0 Å². The maximum Gasteiger partial charge on any atom is 0.384 e. The van der Waals surface area contributed by atoms with E-state index in [1.165, 1.54) is 51.4 Å². The summed E-state index contributed by atoms with van der Waals surface area (Å²) < 4.78 is 21.2. The standard InChI is InChI=1S/C16H33Cl2N7P3/c17-26(22-9-1-2-10-22)19-27(18,23-11-3-4-12-23)21-28(20-26,24-13-5-6-14-24)25-15-7-8-16-25/h19H,1-16H2/q+1. The number of nitrogens with zero attached hydrogens (tertiary/aromatic N) is 6.